The molecule has 0 heterocycles. The van der Waals surface area contributed by atoms with Crippen molar-refractivity contribution in [1.82, 2.24) is 0 Å². The maximum Gasteiger partial charge on any atom is -0.0354 e. The molecule has 0 amide bonds. The minimum Gasteiger partial charge on any atom is -0.0625 e. The molecule has 0 aliphatic heterocycles. The van der Waals surface area contributed by atoms with E-state index in [1.807, 2.05) is 0 Å². The Morgan fingerprint density at radius 3 is 0.810 bits per heavy atom. The zero-order valence-electron chi connectivity index (χ0n) is 17.5. The van der Waals surface area contributed by atoms with Crippen LogP contribution in [0.25, 0.3) is 0 Å². The third-order valence-electron chi connectivity index (χ3n) is 4.29. The fraction of sp³-hybridized carbons (Fsp3) is 1.00. The molecule has 130 valence electrons. The molecule has 0 nitrogen and oxygen atoms in total. The molecule has 1 saturated carbocycles. The number of hydrogen-bond donors (Lipinski definition) is 0. The lowest BCUT2D eigenvalue weighted by atomic mass is 9.67. The predicted molar refractivity (Wildman–Crippen MR) is 101 cm³/mol. The zero-order valence-corrected chi connectivity index (χ0v) is 17.5. The Hall–Kier alpha value is 0. The van der Waals surface area contributed by atoms with E-state index in [0.717, 1.165) is 11.8 Å². The molecule has 0 N–H and O–H groups in total. The van der Waals surface area contributed by atoms with E-state index in [0.29, 0.717) is 16.2 Å². The first kappa shape index (κ1) is 23.3. The molecule has 1 fully saturated rings. The molecule has 0 bridgehead atoms. The Balaban J connectivity index is 0. The number of hydrogen-bond acceptors (Lipinski definition) is 0. The third-order valence-corrected chi connectivity index (χ3v) is 4.29. The molecule has 0 aromatic carbocycles. The van der Waals surface area contributed by atoms with Gasteiger partial charge in [-0.2, -0.15) is 0 Å². The van der Waals surface area contributed by atoms with Crippen LogP contribution in [-0.2, 0) is 0 Å². The fourth-order valence-electron chi connectivity index (χ4n) is 1.60. The summed E-state index contributed by atoms with van der Waals surface area (Å²) < 4.78 is 0. The van der Waals surface area contributed by atoms with Crippen LogP contribution in [0.3, 0.4) is 0 Å². The highest BCUT2D eigenvalue weighted by atomic mass is 14.4. The van der Waals surface area contributed by atoms with Crippen molar-refractivity contribution in [3.63, 3.8) is 0 Å². The van der Waals surface area contributed by atoms with Gasteiger partial charge in [0.15, 0.2) is 0 Å². The van der Waals surface area contributed by atoms with Gasteiger partial charge in [-0.15, -0.1) is 0 Å². The molecule has 0 heteroatoms. The van der Waals surface area contributed by atoms with Gasteiger partial charge in [-0.05, 0) is 53.8 Å². The lowest BCUT2D eigenvalue weighted by molar-refractivity contribution is 0.133. The van der Waals surface area contributed by atoms with Gasteiger partial charge >= 0.3 is 0 Å². The maximum atomic E-state index is 2.39. The summed E-state index contributed by atoms with van der Waals surface area (Å²) in [4.78, 5) is 0. The monoisotopic (exact) mass is 298 g/mol. The molecule has 1 aliphatic rings. The van der Waals surface area contributed by atoms with Crippen molar-refractivity contribution in [1.29, 1.82) is 0 Å². The standard InChI is InChI=1S/C10H20.C6H14.C5H12/c1-9(2)5-7-10(3,4)8-6-9;1-5(2)6(3)4;1-5(2,3)4/h5-8H2,1-4H3;5-6H,1-4H3;1-4H3. The van der Waals surface area contributed by atoms with Gasteiger partial charge in [-0.1, -0.05) is 83.1 Å². The first-order valence-corrected chi connectivity index (χ1v) is 9.06. The average molecular weight is 299 g/mol. The Morgan fingerprint density at radius 2 is 0.714 bits per heavy atom. The molecule has 21 heavy (non-hydrogen) atoms. The van der Waals surface area contributed by atoms with Crippen LogP contribution >= 0.6 is 0 Å². The van der Waals surface area contributed by atoms with E-state index in [4.69, 9.17) is 0 Å². The van der Waals surface area contributed by atoms with Crippen molar-refractivity contribution in [3.8, 4) is 0 Å². The quantitative estimate of drug-likeness (QED) is 0.460. The first-order valence-electron chi connectivity index (χ1n) is 9.06. The van der Waals surface area contributed by atoms with E-state index < -0.39 is 0 Å². The van der Waals surface area contributed by atoms with Crippen LogP contribution in [0.5, 0.6) is 0 Å². The molecule has 1 rings (SSSR count). The van der Waals surface area contributed by atoms with Gasteiger partial charge < -0.3 is 0 Å². The van der Waals surface area contributed by atoms with Crippen molar-refractivity contribution >= 4 is 0 Å². The van der Waals surface area contributed by atoms with E-state index in [1.54, 1.807) is 0 Å². The van der Waals surface area contributed by atoms with Crippen LogP contribution in [-0.4, -0.2) is 0 Å². The van der Waals surface area contributed by atoms with Crippen molar-refractivity contribution in [3.05, 3.63) is 0 Å². The van der Waals surface area contributed by atoms with Gasteiger partial charge in [0.05, 0.1) is 0 Å². The van der Waals surface area contributed by atoms with E-state index in [-0.39, 0.29) is 0 Å². The summed E-state index contributed by atoms with van der Waals surface area (Å²) in [5.41, 5.74) is 1.77. The van der Waals surface area contributed by atoms with Gasteiger partial charge in [0.2, 0.25) is 0 Å². The van der Waals surface area contributed by atoms with Crippen molar-refractivity contribution in [2.45, 2.75) is 109 Å². The summed E-state index contributed by atoms with van der Waals surface area (Å²) in [5.74, 6) is 1.70. The van der Waals surface area contributed by atoms with Gasteiger partial charge in [-0.25, -0.2) is 0 Å². The molecule has 0 saturated heterocycles. The van der Waals surface area contributed by atoms with Crippen LogP contribution in [0.4, 0.5) is 0 Å². The van der Waals surface area contributed by atoms with E-state index in [2.05, 4.69) is 83.1 Å². The summed E-state index contributed by atoms with van der Waals surface area (Å²) in [6, 6.07) is 0. The molecular formula is C21H46. The molecule has 0 unspecified atom stereocenters. The highest BCUT2D eigenvalue weighted by Gasteiger charge is 2.30. The van der Waals surface area contributed by atoms with Gasteiger partial charge in [0, 0.05) is 0 Å². The zero-order chi connectivity index (χ0) is 17.5. The van der Waals surface area contributed by atoms with Gasteiger partial charge in [0.25, 0.3) is 0 Å². The van der Waals surface area contributed by atoms with Crippen LogP contribution in [0.2, 0.25) is 0 Å². The van der Waals surface area contributed by atoms with Crippen molar-refractivity contribution in [2.75, 3.05) is 0 Å². The lowest BCUT2D eigenvalue weighted by Gasteiger charge is -2.39. The summed E-state index contributed by atoms with van der Waals surface area (Å²) >= 11 is 0. The third kappa shape index (κ3) is 20.0. The highest BCUT2D eigenvalue weighted by Crippen LogP contribution is 2.44. The van der Waals surface area contributed by atoms with Crippen molar-refractivity contribution < 1.29 is 0 Å². The minimum atomic E-state index is 0.500. The van der Waals surface area contributed by atoms with Crippen LogP contribution in [0.15, 0.2) is 0 Å². The summed E-state index contributed by atoms with van der Waals surface area (Å²) in [6.45, 7) is 27.3. The Bertz CT molecular complexity index is 208. The van der Waals surface area contributed by atoms with E-state index >= 15 is 0 Å². The summed E-state index contributed by atoms with van der Waals surface area (Å²) in [6.07, 6.45) is 5.67. The predicted octanol–water partition coefficient (Wildman–Crippen LogP) is 7.96. The molecule has 0 spiro atoms. The molecule has 0 radical (unpaired) electrons. The first-order chi connectivity index (χ1) is 9.06. The van der Waals surface area contributed by atoms with E-state index in [9.17, 15) is 0 Å². The van der Waals surface area contributed by atoms with Crippen LogP contribution in [0.1, 0.15) is 109 Å². The highest BCUT2D eigenvalue weighted by molar-refractivity contribution is 4.82. The second kappa shape index (κ2) is 9.21. The van der Waals surface area contributed by atoms with Crippen LogP contribution < -0.4 is 0 Å². The minimum absolute atomic E-state index is 0.500. The molecule has 0 aromatic rings. The number of rotatable bonds is 1. The largest absolute Gasteiger partial charge is 0.0625 e. The lowest BCUT2D eigenvalue weighted by Crippen LogP contribution is -2.26. The van der Waals surface area contributed by atoms with E-state index in [1.165, 1.54) is 25.7 Å². The topological polar surface area (TPSA) is 0 Å². The Morgan fingerprint density at radius 1 is 0.571 bits per heavy atom. The normalized spacial score (nSPS) is 20.3. The average Bonchev–Trinajstić information content (AvgIpc) is 2.22. The Labute approximate surface area is 137 Å². The Kier molecular flexibility index (Phi) is 10.2. The SMILES string of the molecule is CC(C)(C)C.CC(C)C(C)C.CC1(C)CCC(C)(C)CC1. The van der Waals surface area contributed by atoms with Gasteiger partial charge in [0.1, 0.15) is 0 Å². The second-order valence-electron chi connectivity index (χ2n) is 10.8. The van der Waals surface area contributed by atoms with Crippen LogP contribution in [0, 0.1) is 28.1 Å². The molecule has 0 atom stereocenters. The summed E-state index contributed by atoms with van der Waals surface area (Å²) in [7, 11) is 0. The fourth-order valence-corrected chi connectivity index (χ4v) is 1.60. The summed E-state index contributed by atoms with van der Waals surface area (Å²) in [5, 5.41) is 0. The van der Waals surface area contributed by atoms with Crippen molar-refractivity contribution in [2.24, 2.45) is 28.1 Å². The smallest absolute Gasteiger partial charge is 0.0354 e. The molecule has 1 aliphatic carbocycles. The van der Waals surface area contributed by atoms with Gasteiger partial charge in [-0.3, -0.25) is 0 Å². The second-order valence-corrected chi connectivity index (χ2v) is 10.8. The maximum absolute atomic E-state index is 2.39. The molecule has 0 aromatic heterocycles. The molecular weight excluding hydrogens is 252 g/mol.